The predicted octanol–water partition coefficient (Wildman–Crippen LogP) is 11.4. The lowest BCUT2D eigenvalue weighted by Gasteiger charge is -2.18. The van der Waals surface area contributed by atoms with E-state index in [1.54, 1.807) is 18.2 Å². The smallest absolute Gasteiger partial charge is 0.330 e. The first kappa shape index (κ1) is 42.6. The summed E-state index contributed by atoms with van der Waals surface area (Å²) < 4.78 is 22.2. The average molecular weight is 687 g/mol. The van der Waals surface area contributed by atoms with Crippen LogP contribution in [0.4, 0.5) is 0 Å². The molecule has 1 atom stereocenters. The Morgan fingerprint density at radius 3 is 1.63 bits per heavy atom. The summed E-state index contributed by atoms with van der Waals surface area (Å²) in [5.41, 5.74) is 0.695. The van der Waals surface area contributed by atoms with Gasteiger partial charge in [-0.25, -0.2) is 4.79 Å². The van der Waals surface area contributed by atoms with E-state index in [9.17, 15) is 14.7 Å². The predicted molar refractivity (Wildman–Crippen MR) is 200 cm³/mol. The molecule has 1 aromatic carbocycles. The van der Waals surface area contributed by atoms with E-state index in [4.69, 9.17) is 18.9 Å². The zero-order chi connectivity index (χ0) is 35.0. The van der Waals surface area contributed by atoms with Crippen molar-refractivity contribution < 1.29 is 33.6 Å². The van der Waals surface area contributed by atoms with Crippen molar-refractivity contribution in [3.05, 3.63) is 29.8 Å². The number of phenols is 1. The number of benzene rings is 1. The van der Waals surface area contributed by atoms with E-state index in [2.05, 4.69) is 0 Å². The highest BCUT2D eigenvalue weighted by Crippen LogP contribution is 2.26. The lowest BCUT2D eigenvalue weighted by molar-refractivity contribution is -0.153. The first-order chi connectivity index (χ1) is 24.1. The molecule has 0 aliphatic carbocycles. The van der Waals surface area contributed by atoms with Crippen LogP contribution in [0.15, 0.2) is 24.3 Å². The van der Waals surface area contributed by atoms with Gasteiger partial charge in [0.15, 0.2) is 11.5 Å². The Labute approximate surface area is 298 Å². The third-order valence-corrected chi connectivity index (χ3v) is 9.59. The Kier molecular flexibility index (Phi) is 26.4. The summed E-state index contributed by atoms with van der Waals surface area (Å²) in [7, 11) is 1.47. The molecule has 280 valence electrons. The Morgan fingerprint density at radius 2 is 1.16 bits per heavy atom. The zero-order valence-electron chi connectivity index (χ0n) is 31.1. The molecule has 1 fully saturated rings. The maximum atomic E-state index is 12.5. The second kappa shape index (κ2) is 30.3. The molecular weight excluding hydrogens is 616 g/mol. The normalized spacial score (nSPS) is 21.3. The molecule has 0 spiro atoms. The number of phenolic OH excluding ortho intramolecular Hbond substituents is 1. The van der Waals surface area contributed by atoms with Gasteiger partial charge in [-0.1, -0.05) is 160 Å². The second-order valence-corrected chi connectivity index (χ2v) is 14.0. The third kappa shape index (κ3) is 24.3. The van der Waals surface area contributed by atoms with Crippen LogP contribution < -0.4 is 4.74 Å². The molecule has 1 saturated heterocycles. The van der Waals surface area contributed by atoms with Crippen LogP contribution in [0.1, 0.15) is 179 Å². The summed E-state index contributed by atoms with van der Waals surface area (Å²) in [6, 6.07) is 4.83. The average Bonchev–Trinajstić information content (AvgIpc) is 3.10. The van der Waals surface area contributed by atoms with Crippen LogP contribution in [-0.4, -0.2) is 50.1 Å². The summed E-state index contributed by atoms with van der Waals surface area (Å²) in [5.74, 6) is -0.376. The standard InChI is InChI=1S/C42H70O7/c1-46-40-34-37(29-31-39(40)43)30-32-42(45)49-36-38-35-48-41(44)28-26-24-22-20-18-16-14-12-10-8-6-4-2-3-5-7-9-11-13-15-17-19-21-23-25-27-33-47-38/h29-32,34,38,43H,2-28,33,35-36H2,1H3/t38-/m1/s1. The molecule has 1 aliphatic heterocycles. The van der Waals surface area contributed by atoms with Crippen molar-refractivity contribution in [2.24, 2.45) is 0 Å². The quantitative estimate of drug-likeness (QED) is 0.243. The van der Waals surface area contributed by atoms with Gasteiger partial charge in [0.05, 0.1) is 7.11 Å². The molecule has 49 heavy (non-hydrogen) atoms. The fourth-order valence-corrected chi connectivity index (χ4v) is 6.45. The molecule has 1 aromatic rings. The van der Waals surface area contributed by atoms with Crippen LogP contribution in [0, 0.1) is 0 Å². The zero-order valence-corrected chi connectivity index (χ0v) is 31.1. The number of cyclic esters (lactones) is 1. The Bertz CT molecular complexity index is 991. The number of rotatable bonds is 5. The van der Waals surface area contributed by atoms with Gasteiger partial charge in [0, 0.05) is 19.1 Å². The largest absolute Gasteiger partial charge is 0.504 e. The van der Waals surface area contributed by atoms with Gasteiger partial charge in [-0.05, 0) is 36.6 Å². The molecule has 2 rings (SSSR count). The van der Waals surface area contributed by atoms with Gasteiger partial charge in [0.1, 0.15) is 19.3 Å². The number of ether oxygens (including phenoxy) is 4. The van der Waals surface area contributed by atoms with Crippen LogP contribution in [0.25, 0.3) is 6.08 Å². The van der Waals surface area contributed by atoms with E-state index in [1.165, 1.54) is 161 Å². The highest BCUT2D eigenvalue weighted by atomic mass is 16.6. The van der Waals surface area contributed by atoms with Crippen molar-refractivity contribution in [1.29, 1.82) is 0 Å². The minimum Gasteiger partial charge on any atom is -0.504 e. The summed E-state index contributed by atoms with van der Waals surface area (Å²) in [5, 5.41) is 9.79. The van der Waals surface area contributed by atoms with E-state index in [1.807, 2.05) is 0 Å². The SMILES string of the molecule is COc1cc(C=CC(=O)OC[C@H]2COC(=O)CCCCCCCCCCCCCCCCCCCCCCCCCCCCO2)ccc1O. The molecule has 0 saturated carbocycles. The number of hydrogen-bond donors (Lipinski definition) is 1. The summed E-state index contributed by atoms with van der Waals surface area (Å²) in [6.07, 6.45) is 36.5. The molecule has 0 unspecified atom stereocenters. The highest BCUT2D eigenvalue weighted by Gasteiger charge is 2.15. The van der Waals surface area contributed by atoms with Crippen molar-refractivity contribution in [1.82, 2.24) is 0 Å². The van der Waals surface area contributed by atoms with E-state index in [0.29, 0.717) is 24.3 Å². The van der Waals surface area contributed by atoms with Gasteiger partial charge in [-0.2, -0.15) is 0 Å². The maximum Gasteiger partial charge on any atom is 0.330 e. The number of aromatic hydroxyl groups is 1. The second-order valence-electron chi connectivity index (χ2n) is 14.0. The van der Waals surface area contributed by atoms with Crippen LogP contribution in [-0.2, 0) is 23.8 Å². The molecule has 1 heterocycles. The van der Waals surface area contributed by atoms with Gasteiger partial charge in [0.25, 0.3) is 0 Å². The minimum absolute atomic E-state index is 0.00928. The highest BCUT2D eigenvalue weighted by molar-refractivity contribution is 5.87. The first-order valence-electron chi connectivity index (χ1n) is 20.1. The maximum absolute atomic E-state index is 12.5. The van der Waals surface area contributed by atoms with Crippen LogP contribution in [0.5, 0.6) is 11.5 Å². The van der Waals surface area contributed by atoms with Gasteiger partial charge in [0.2, 0.25) is 0 Å². The molecule has 7 heteroatoms. The molecule has 0 amide bonds. The molecule has 7 nitrogen and oxygen atoms in total. The summed E-state index contributed by atoms with van der Waals surface area (Å²) in [4.78, 5) is 24.9. The Morgan fingerprint density at radius 1 is 0.714 bits per heavy atom. The molecule has 0 aromatic heterocycles. The number of carbonyl (C=O) groups excluding carboxylic acids is 2. The van der Waals surface area contributed by atoms with E-state index >= 15 is 0 Å². The van der Waals surface area contributed by atoms with Crippen molar-refractivity contribution >= 4 is 18.0 Å². The van der Waals surface area contributed by atoms with Gasteiger partial charge in [-0.15, -0.1) is 0 Å². The molecule has 0 radical (unpaired) electrons. The van der Waals surface area contributed by atoms with Crippen molar-refractivity contribution in [3.8, 4) is 11.5 Å². The number of methoxy groups -OCH3 is 1. The van der Waals surface area contributed by atoms with E-state index in [0.717, 1.165) is 25.7 Å². The summed E-state index contributed by atoms with van der Waals surface area (Å²) >= 11 is 0. The van der Waals surface area contributed by atoms with Gasteiger partial charge < -0.3 is 24.1 Å². The number of carbonyl (C=O) groups is 2. The topological polar surface area (TPSA) is 91.3 Å². The summed E-state index contributed by atoms with van der Waals surface area (Å²) in [6.45, 7) is 0.628. The van der Waals surface area contributed by atoms with Crippen molar-refractivity contribution in [2.75, 3.05) is 26.9 Å². The lowest BCUT2D eigenvalue weighted by atomic mass is 10.0. The molecular formula is C42H70O7. The van der Waals surface area contributed by atoms with Crippen molar-refractivity contribution in [2.45, 2.75) is 179 Å². The van der Waals surface area contributed by atoms with E-state index < -0.39 is 12.1 Å². The fraction of sp³-hybridized carbons (Fsp3) is 0.762. The molecule has 0 bridgehead atoms. The van der Waals surface area contributed by atoms with Gasteiger partial charge >= 0.3 is 11.9 Å². The lowest BCUT2D eigenvalue weighted by Crippen LogP contribution is -2.28. The first-order valence-corrected chi connectivity index (χ1v) is 20.1. The number of hydrogen-bond acceptors (Lipinski definition) is 7. The fourth-order valence-electron chi connectivity index (χ4n) is 6.45. The van der Waals surface area contributed by atoms with Gasteiger partial charge in [-0.3, -0.25) is 4.79 Å². The molecule has 1 N–H and O–H groups in total. The van der Waals surface area contributed by atoms with E-state index in [-0.39, 0.29) is 24.9 Å². The van der Waals surface area contributed by atoms with Crippen LogP contribution >= 0.6 is 0 Å². The number of esters is 2. The Balaban J connectivity index is 1.75. The Hall–Kier alpha value is -2.54. The van der Waals surface area contributed by atoms with Crippen LogP contribution in [0.2, 0.25) is 0 Å². The molecule has 1 aliphatic rings. The third-order valence-electron chi connectivity index (χ3n) is 9.59. The minimum atomic E-state index is -0.517. The van der Waals surface area contributed by atoms with Crippen molar-refractivity contribution in [3.63, 3.8) is 0 Å². The monoisotopic (exact) mass is 687 g/mol. The van der Waals surface area contributed by atoms with Crippen LogP contribution in [0.3, 0.4) is 0 Å².